The number of aromatic nitrogens is 1. The highest BCUT2D eigenvalue weighted by molar-refractivity contribution is 5.94. The summed E-state index contributed by atoms with van der Waals surface area (Å²) in [6.45, 7) is 1.98. The molecule has 2 aromatic rings. The molecule has 3 heteroatoms. The van der Waals surface area contributed by atoms with Gasteiger partial charge in [0.15, 0.2) is 0 Å². The number of aryl methyl sites for hydroxylation is 1. The Kier molecular flexibility index (Phi) is 1.83. The smallest absolute Gasteiger partial charge is 0.131 e. The SMILES string of the molecule is Cc1ccc2c(C#N)cnc(N)c2c1. The van der Waals surface area contributed by atoms with E-state index in [1.807, 2.05) is 25.1 Å². The van der Waals surface area contributed by atoms with Crippen molar-refractivity contribution in [2.45, 2.75) is 6.92 Å². The van der Waals surface area contributed by atoms with Gasteiger partial charge in [-0.15, -0.1) is 0 Å². The van der Waals surface area contributed by atoms with Crippen molar-refractivity contribution in [2.75, 3.05) is 5.73 Å². The first-order chi connectivity index (χ1) is 6.72. The van der Waals surface area contributed by atoms with Gasteiger partial charge >= 0.3 is 0 Å². The van der Waals surface area contributed by atoms with Gasteiger partial charge in [0.05, 0.1) is 5.56 Å². The van der Waals surface area contributed by atoms with Gasteiger partial charge in [0, 0.05) is 17.0 Å². The van der Waals surface area contributed by atoms with Crippen molar-refractivity contribution in [3.63, 3.8) is 0 Å². The molecule has 1 heterocycles. The van der Waals surface area contributed by atoms with Crippen molar-refractivity contribution in [3.05, 3.63) is 35.5 Å². The predicted molar refractivity (Wildman–Crippen MR) is 55.6 cm³/mol. The van der Waals surface area contributed by atoms with Crippen LogP contribution in [-0.4, -0.2) is 4.98 Å². The van der Waals surface area contributed by atoms with E-state index in [-0.39, 0.29) is 0 Å². The third kappa shape index (κ3) is 1.17. The summed E-state index contributed by atoms with van der Waals surface area (Å²) in [5.74, 6) is 0.475. The third-order valence-electron chi connectivity index (χ3n) is 2.19. The summed E-state index contributed by atoms with van der Waals surface area (Å²) in [5, 5.41) is 10.6. The van der Waals surface area contributed by atoms with Gasteiger partial charge in [0.25, 0.3) is 0 Å². The molecule has 0 saturated heterocycles. The highest BCUT2D eigenvalue weighted by Gasteiger charge is 2.04. The molecule has 2 N–H and O–H groups in total. The molecular formula is C11H9N3. The zero-order valence-corrected chi connectivity index (χ0v) is 7.78. The largest absolute Gasteiger partial charge is 0.383 e. The maximum absolute atomic E-state index is 8.86. The van der Waals surface area contributed by atoms with Crippen LogP contribution in [0.3, 0.4) is 0 Å². The molecule has 0 spiro atoms. The van der Waals surface area contributed by atoms with Gasteiger partial charge < -0.3 is 5.73 Å². The molecule has 0 unspecified atom stereocenters. The zero-order valence-electron chi connectivity index (χ0n) is 7.78. The second-order valence-electron chi connectivity index (χ2n) is 3.22. The Morgan fingerprint density at radius 3 is 2.86 bits per heavy atom. The number of pyridine rings is 1. The quantitative estimate of drug-likeness (QED) is 0.679. The van der Waals surface area contributed by atoms with Crippen LogP contribution in [0.4, 0.5) is 5.82 Å². The Balaban J connectivity index is 2.93. The molecule has 0 atom stereocenters. The second kappa shape index (κ2) is 3.00. The monoisotopic (exact) mass is 183 g/mol. The summed E-state index contributed by atoms with van der Waals surface area (Å²) in [6.07, 6.45) is 1.51. The van der Waals surface area contributed by atoms with Crippen molar-refractivity contribution in [2.24, 2.45) is 0 Å². The van der Waals surface area contributed by atoms with E-state index in [4.69, 9.17) is 11.0 Å². The Morgan fingerprint density at radius 1 is 1.36 bits per heavy atom. The molecule has 0 amide bonds. The lowest BCUT2D eigenvalue weighted by Gasteiger charge is -2.03. The van der Waals surface area contributed by atoms with Crippen LogP contribution in [0, 0.1) is 18.3 Å². The molecular weight excluding hydrogens is 174 g/mol. The highest BCUT2D eigenvalue weighted by atomic mass is 14.8. The second-order valence-corrected chi connectivity index (χ2v) is 3.22. The van der Waals surface area contributed by atoms with E-state index in [1.54, 1.807) is 0 Å². The minimum atomic E-state index is 0.475. The number of rotatable bonds is 0. The number of nitrogens with zero attached hydrogens (tertiary/aromatic N) is 2. The van der Waals surface area contributed by atoms with Crippen LogP contribution >= 0.6 is 0 Å². The maximum atomic E-state index is 8.86. The van der Waals surface area contributed by atoms with Crippen molar-refractivity contribution >= 4 is 16.6 Å². The Bertz CT molecular complexity index is 538. The minimum Gasteiger partial charge on any atom is -0.383 e. The van der Waals surface area contributed by atoms with E-state index < -0.39 is 0 Å². The Labute approximate surface area is 81.8 Å². The average Bonchev–Trinajstić information content (AvgIpc) is 2.19. The van der Waals surface area contributed by atoms with E-state index in [0.29, 0.717) is 11.4 Å². The van der Waals surface area contributed by atoms with Crippen LogP contribution in [0.25, 0.3) is 10.8 Å². The summed E-state index contributed by atoms with van der Waals surface area (Å²) in [4.78, 5) is 3.97. The molecule has 0 bridgehead atoms. The summed E-state index contributed by atoms with van der Waals surface area (Å²) < 4.78 is 0. The van der Waals surface area contributed by atoms with Gasteiger partial charge in [-0.3, -0.25) is 0 Å². The Hall–Kier alpha value is -2.08. The number of hydrogen-bond donors (Lipinski definition) is 1. The van der Waals surface area contributed by atoms with Crippen LogP contribution in [0.15, 0.2) is 24.4 Å². The number of nitriles is 1. The lowest BCUT2D eigenvalue weighted by Crippen LogP contribution is -1.93. The van der Waals surface area contributed by atoms with Crippen molar-refractivity contribution in [3.8, 4) is 6.07 Å². The number of fused-ring (bicyclic) bond motifs is 1. The number of anilines is 1. The van der Waals surface area contributed by atoms with Gasteiger partial charge in [-0.25, -0.2) is 4.98 Å². The molecule has 68 valence electrons. The van der Waals surface area contributed by atoms with Crippen LogP contribution in [0.5, 0.6) is 0 Å². The molecule has 0 aliphatic heterocycles. The predicted octanol–water partition coefficient (Wildman–Crippen LogP) is 2.00. The first-order valence-corrected chi connectivity index (χ1v) is 4.27. The van der Waals surface area contributed by atoms with E-state index in [0.717, 1.165) is 16.3 Å². The van der Waals surface area contributed by atoms with Crippen molar-refractivity contribution in [1.29, 1.82) is 5.26 Å². The van der Waals surface area contributed by atoms with Gasteiger partial charge in [0.1, 0.15) is 11.9 Å². The van der Waals surface area contributed by atoms with Crippen LogP contribution in [0.2, 0.25) is 0 Å². The number of hydrogen-bond acceptors (Lipinski definition) is 3. The standard InChI is InChI=1S/C11H9N3/c1-7-2-3-9-8(5-12)6-14-11(13)10(9)4-7/h2-4,6H,1H3,(H2,13,14). The lowest BCUT2D eigenvalue weighted by molar-refractivity contribution is 1.34. The van der Waals surface area contributed by atoms with Gasteiger partial charge in [-0.1, -0.05) is 17.7 Å². The van der Waals surface area contributed by atoms with E-state index >= 15 is 0 Å². The number of nitrogen functional groups attached to an aromatic ring is 1. The molecule has 14 heavy (non-hydrogen) atoms. The van der Waals surface area contributed by atoms with E-state index in [9.17, 15) is 0 Å². The van der Waals surface area contributed by atoms with Gasteiger partial charge in [-0.2, -0.15) is 5.26 Å². The lowest BCUT2D eigenvalue weighted by atomic mass is 10.1. The molecule has 0 aliphatic carbocycles. The zero-order chi connectivity index (χ0) is 10.1. The third-order valence-corrected chi connectivity index (χ3v) is 2.19. The fourth-order valence-corrected chi connectivity index (χ4v) is 1.47. The number of benzene rings is 1. The maximum Gasteiger partial charge on any atom is 0.131 e. The average molecular weight is 183 g/mol. The van der Waals surface area contributed by atoms with Gasteiger partial charge in [0.2, 0.25) is 0 Å². The summed E-state index contributed by atoms with van der Waals surface area (Å²) in [7, 11) is 0. The fourth-order valence-electron chi connectivity index (χ4n) is 1.47. The number of nitrogens with two attached hydrogens (primary N) is 1. The van der Waals surface area contributed by atoms with E-state index in [2.05, 4.69) is 11.1 Å². The highest BCUT2D eigenvalue weighted by Crippen LogP contribution is 2.23. The topological polar surface area (TPSA) is 62.7 Å². The molecule has 1 aromatic heterocycles. The summed E-state index contributed by atoms with van der Waals surface area (Å²) in [5.41, 5.74) is 7.40. The van der Waals surface area contributed by atoms with Gasteiger partial charge in [-0.05, 0) is 13.0 Å². The van der Waals surface area contributed by atoms with Crippen molar-refractivity contribution in [1.82, 2.24) is 4.98 Å². The van der Waals surface area contributed by atoms with Crippen LogP contribution < -0.4 is 5.73 Å². The molecule has 2 rings (SSSR count). The molecule has 3 nitrogen and oxygen atoms in total. The molecule has 0 fully saturated rings. The van der Waals surface area contributed by atoms with E-state index in [1.165, 1.54) is 6.20 Å². The summed E-state index contributed by atoms with van der Waals surface area (Å²) >= 11 is 0. The molecule has 0 radical (unpaired) electrons. The molecule has 0 saturated carbocycles. The Morgan fingerprint density at radius 2 is 2.14 bits per heavy atom. The van der Waals surface area contributed by atoms with Crippen LogP contribution in [-0.2, 0) is 0 Å². The molecule has 0 aliphatic rings. The first kappa shape index (κ1) is 8.52. The fraction of sp³-hybridized carbons (Fsp3) is 0.0909. The minimum absolute atomic E-state index is 0.475. The van der Waals surface area contributed by atoms with Crippen molar-refractivity contribution < 1.29 is 0 Å². The first-order valence-electron chi connectivity index (χ1n) is 4.27. The van der Waals surface area contributed by atoms with Crippen LogP contribution in [0.1, 0.15) is 11.1 Å². The molecule has 1 aromatic carbocycles. The normalized spacial score (nSPS) is 10.0. The summed E-state index contributed by atoms with van der Waals surface area (Å²) in [6, 6.07) is 7.91.